The first-order chi connectivity index (χ1) is 15.5. The number of methoxy groups -OCH3 is 1. The van der Waals surface area contributed by atoms with E-state index in [1.54, 1.807) is 31.4 Å². The van der Waals surface area contributed by atoms with Crippen molar-refractivity contribution in [1.29, 1.82) is 0 Å². The van der Waals surface area contributed by atoms with Crippen molar-refractivity contribution < 1.29 is 14.3 Å². The molecule has 0 fully saturated rings. The number of nitrogens with one attached hydrogen (secondary N) is 1. The number of hydrogen-bond donors (Lipinski definition) is 1. The molecule has 5 nitrogen and oxygen atoms in total. The topological polar surface area (TPSA) is 58.6 Å². The van der Waals surface area contributed by atoms with Crippen LogP contribution in [-0.2, 0) is 22.6 Å². The Balaban J connectivity index is 1.77. The van der Waals surface area contributed by atoms with E-state index in [0.29, 0.717) is 21.9 Å². The summed E-state index contributed by atoms with van der Waals surface area (Å²) >= 11 is 6.30. The first-order valence-corrected chi connectivity index (χ1v) is 10.7. The van der Waals surface area contributed by atoms with E-state index in [1.807, 2.05) is 48.5 Å². The van der Waals surface area contributed by atoms with Crippen LogP contribution >= 0.6 is 11.6 Å². The Bertz CT molecular complexity index is 1200. The van der Waals surface area contributed by atoms with Gasteiger partial charge in [-0.25, -0.2) is 0 Å². The second-order valence-corrected chi connectivity index (χ2v) is 7.82. The van der Waals surface area contributed by atoms with Crippen molar-refractivity contribution in [3.05, 3.63) is 100 Å². The van der Waals surface area contributed by atoms with Gasteiger partial charge in [-0.15, -0.1) is 0 Å². The SMILES string of the molecule is CCc1ccc(NC2=C(c3ccccc3OC)C(=O)N(Cc3ccccc3Cl)C2=O)cc1. The number of ether oxygens (including phenoxy) is 1. The lowest BCUT2D eigenvalue weighted by molar-refractivity contribution is -0.137. The number of benzene rings is 3. The summed E-state index contributed by atoms with van der Waals surface area (Å²) in [6.45, 7) is 2.16. The summed E-state index contributed by atoms with van der Waals surface area (Å²) in [5.41, 5.74) is 3.66. The van der Waals surface area contributed by atoms with Gasteiger partial charge >= 0.3 is 0 Å². The van der Waals surface area contributed by atoms with Gasteiger partial charge in [-0.1, -0.05) is 67.1 Å². The molecule has 3 aromatic rings. The molecule has 0 radical (unpaired) electrons. The molecule has 1 aliphatic rings. The zero-order chi connectivity index (χ0) is 22.7. The van der Waals surface area contributed by atoms with Gasteiger partial charge in [0.2, 0.25) is 0 Å². The lowest BCUT2D eigenvalue weighted by Crippen LogP contribution is -2.32. The lowest BCUT2D eigenvalue weighted by atomic mass is 10.0. The van der Waals surface area contributed by atoms with Crippen LogP contribution in [0.25, 0.3) is 5.57 Å². The van der Waals surface area contributed by atoms with Crippen molar-refractivity contribution in [2.75, 3.05) is 12.4 Å². The van der Waals surface area contributed by atoms with E-state index in [4.69, 9.17) is 16.3 Å². The number of rotatable bonds is 7. The van der Waals surface area contributed by atoms with Crippen molar-refractivity contribution in [2.24, 2.45) is 0 Å². The van der Waals surface area contributed by atoms with Crippen LogP contribution in [-0.4, -0.2) is 23.8 Å². The van der Waals surface area contributed by atoms with Gasteiger partial charge in [0.05, 0.1) is 19.2 Å². The van der Waals surface area contributed by atoms with Crippen LogP contribution < -0.4 is 10.1 Å². The fourth-order valence-corrected chi connectivity index (χ4v) is 3.90. The van der Waals surface area contributed by atoms with Crippen LogP contribution in [0.1, 0.15) is 23.6 Å². The molecule has 0 saturated heterocycles. The van der Waals surface area contributed by atoms with E-state index in [2.05, 4.69) is 12.2 Å². The number of halogens is 1. The summed E-state index contributed by atoms with van der Waals surface area (Å²) in [6.07, 6.45) is 0.915. The standard InChI is InChI=1S/C26H23ClN2O3/c1-3-17-12-14-19(15-13-17)28-24-23(20-9-5-7-11-22(20)32-2)25(30)29(26(24)31)16-18-8-4-6-10-21(18)27/h4-15,28H,3,16H2,1-2H3. The summed E-state index contributed by atoms with van der Waals surface area (Å²) in [4.78, 5) is 28.2. The van der Waals surface area contributed by atoms with Gasteiger partial charge in [0, 0.05) is 16.3 Å². The highest BCUT2D eigenvalue weighted by Crippen LogP contribution is 2.36. The average Bonchev–Trinajstić information content (AvgIpc) is 3.05. The Morgan fingerprint density at radius 1 is 0.906 bits per heavy atom. The minimum atomic E-state index is -0.407. The fourth-order valence-electron chi connectivity index (χ4n) is 3.70. The van der Waals surface area contributed by atoms with Crippen molar-refractivity contribution in [1.82, 2.24) is 4.90 Å². The molecular weight excluding hydrogens is 424 g/mol. The average molecular weight is 447 g/mol. The van der Waals surface area contributed by atoms with E-state index < -0.39 is 11.8 Å². The van der Waals surface area contributed by atoms with E-state index in [1.165, 1.54) is 10.5 Å². The quantitative estimate of drug-likeness (QED) is 0.500. The maximum absolute atomic E-state index is 13.5. The van der Waals surface area contributed by atoms with Crippen molar-refractivity contribution >= 4 is 34.7 Å². The molecule has 1 N–H and O–H groups in total. The molecule has 0 aliphatic carbocycles. The molecule has 3 aromatic carbocycles. The Morgan fingerprint density at radius 2 is 1.59 bits per heavy atom. The highest BCUT2D eigenvalue weighted by molar-refractivity contribution is 6.37. The molecule has 0 atom stereocenters. The molecule has 0 bridgehead atoms. The van der Waals surface area contributed by atoms with Gasteiger partial charge < -0.3 is 10.1 Å². The second kappa shape index (κ2) is 9.28. The molecule has 4 rings (SSSR count). The molecule has 6 heteroatoms. The first kappa shape index (κ1) is 21.7. The predicted octanol–water partition coefficient (Wildman–Crippen LogP) is 5.30. The normalized spacial score (nSPS) is 13.7. The van der Waals surface area contributed by atoms with Crippen LogP contribution in [0.3, 0.4) is 0 Å². The third-order valence-corrected chi connectivity index (χ3v) is 5.83. The smallest absolute Gasteiger partial charge is 0.278 e. The van der Waals surface area contributed by atoms with Gasteiger partial charge in [0.15, 0.2) is 0 Å². The number of nitrogens with zero attached hydrogens (tertiary/aromatic N) is 1. The summed E-state index contributed by atoms with van der Waals surface area (Å²) in [6, 6.07) is 22.2. The largest absolute Gasteiger partial charge is 0.496 e. The molecule has 0 saturated carbocycles. The van der Waals surface area contributed by atoms with Crippen LogP contribution in [0, 0.1) is 0 Å². The Hall–Kier alpha value is -3.57. The first-order valence-electron chi connectivity index (χ1n) is 10.4. The minimum Gasteiger partial charge on any atom is -0.496 e. The summed E-state index contributed by atoms with van der Waals surface area (Å²) in [5.74, 6) is -0.286. The Labute approximate surface area is 192 Å². The van der Waals surface area contributed by atoms with Crippen LogP contribution in [0.15, 0.2) is 78.5 Å². The molecule has 32 heavy (non-hydrogen) atoms. The predicted molar refractivity (Wildman–Crippen MR) is 126 cm³/mol. The highest BCUT2D eigenvalue weighted by atomic mass is 35.5. The fraction of sp³-hybridized carbons (Fsp3) is 0.154. The molecule has 0 unspecified atom stereocenters. The monoisotopic (exact) mass is 446 g/mol. The summed E-state index contributed by atoms with van der Waals surface area (Å²) in [5, 5.41) is 3.68. The zero-order valence-electron chi connectivity index (χ0n) is 17.9. The molecule has 2 amide bonds. The molecule has 162 valence electrons. The molecular formula is C26H23ClN2O3. The van der Waals surface area contributed by atoms with E-state index >= 15 is 0 Å². The molecule has 1 aliphatic heterocycles. The zero-order valence-corrected chi connectivity index (χ0v) is 18.6. The van der Waals surface area contributed by atoms with Crippen LogP contribution in [0.2, 0.25) is 5.02 Å². The van der Waals surface area contributed by atoms with Crippen molar-refractivity contribution in [3.8, 4) is 5.75 Å². The summed E-state index contributed by atoms with van der Waals surface area (Å²) in [7, 11) is 1.54. The van der Waals surface area contributed by atoms with E-state index in [9.17, 15) is 9.59 Å². The Kier molecular flexibility index (Phi) is 6.28. The van der Waals surface area contributed by atoms with Gasteiger partial charge in [0.1, 0.15) is 11.4 Å². The van der Waals surface area contributed by atoms with Crippen molar-refractivity contribution in [3.63, 3.8) is 0 Å². The third kappa shape index (κ3) is 4.12. The minimum absolute atomic E-state index is 0.0793. The number of imide groups is 1. The number of anilines is 1. The van der Waals surface area contributed by atoms with E-state index in [0.717, 1.165) is 12.1 Å². The van der Waals surface area contributed by atoms with Gasteiger partial charge in [-0.05, 0) is 41.8 Å². The van der Waals surface area contributed by atoms with Gasteiger partial charge in [0.25, 0.3) is 11.8 Å². The molecule has 0 aromatic heterocycles. The number of hydrogen-bond acceptors (Lipinski definition) is 4. The number of carbonyl (C=O) groups is 2. The molecule has 1 heterocycles. The second-order valence-electron chi connectivity index (χ2n) is 7.41. The maximum Gasteiger partial charge on any atom is 0.278 e. The van der Waals surface area contributed by atoms with E-state index in [-0.39, 0.29) is 17.8 Å². The van der Waals surface area contributed by atoms with Crippen molar-refractivity contribution in [2.45, 2.75) is 19.9 Å². The number of amides is 2. The molecule has 0 spiro atoms. The number of carbonyl (C=O) groups excluding carboxylic acids is 2. The van der Waals surface area contributed by atoms with Gasteiger partial charge in [-0.3, -0.25) is 14.5 Å². The van der Waals surface area contributed by atoms with Crippen LogP contribution in [0.5, 0.6) is 5.75 Å². The maximum atomic E-state index is 13.5. The number of aryl methyl sites for hydroxylation is 1. The van der Waals surface area contributed by atoms with Crippen LogP contribution in [0.4, 0.5) is 5.69 Å². The van der Waals surface area contributed by atoms with Gasteiger partial charge in [-0.2, -0.15) is 0 Å². The summed E-state index contributed by atoms with van der Waals surface area (Å²) < 4.78 is 5.48. The lowest BCUT2D eigenvalue weighted by Gasteiger charge is -2.16. The highest BCUT2D eigenvalue weighted by Gasteiger charge is 2.40. The number of para-hydroxylation sites is 1. The Morgan fingerprint density at radius 3 is 2.28 bits per heavy atom. The third-order valence-electron chi connectivity index (χ3n) is 5.46.